The van der Waals surface area contributed by atoms with Gasteiger partial charge in [0.15, 0.2) is 5.96 Å². The summed E-state index contributed by atoms with van der Waals surface area (Å²) in [6.07, 6.45) is 2.25. The highest BCUT2D eigenvalue weighted by Gasteiger charge is 2.10. The molecule has 1 aromatic heterocycles. The highest BCUT2D eigenvalue weighted by molar-refractivity contribution is 14.0. The van der Waals surface area contributed by atoms with Gasteiger partial charge in [0.05, 0.1) is 25.4 Å². The minimum Gasteiger partial charge on any atom is -0.389 e. The van der Waals surface area contributed by atoms with Crippen molar-refractivity contribution in [2.24, 2.45) is 4.99 Å². The molecule has 7 heteroatoms. The molecular weight excluding hydrogens is 515 g/mol. The van der Waals surface area contributed by atoms with Crippen LogP contribution in [0.4, 0.5) is 0 Å². The van der Waals surface area contributed by atoms with Crippen LogP contribution < -0.4 is 10.6 Å². The van der Waals surface area contributed by atoms with Gasteiger partial charge in [0.2, 0.25) is 0 Å². The van der Waals surface area contributed by atoms with Crippen LogP contribution in [0.25, 0.3) is 10.9 Å². The van der Waals surface area contributed by atoms with Gasteiger partial charge in [0.25, 0.3) is 0 Å². The normalized spacial score (nSPS) is 13.4. The molecule has 6 nitrogen and oxygen atoms in total. The molecule has 0 aliphatic rings. The van der Waals surface area contributed by atoms with Crippen molar-refractivity contribution >= 4 is 40.8 Å². The molecule has 4 N–H and O–H groups in total. The Morgan fingerprint density at radius 3 is 2.66 bits per heavy atom. The molecule has 1 heterocycles. The molecule has 2 atom stereocenters. The van der Waals surface area contributed by atoms with Gasteiger partial charge in [-0.2, -0.15) is 0 Å². The first kappa shape index (κ1) is 26.2. The molecule has 2 unspecified atom stereocenters. The number of benzene rings is 2. The van der Waals surface area contributed by atoms with Crippen molar-refractivity contribution < 1.29 is 9.84 Å². The number of guanidine groups is 1. The highest BCUT2D eigenvalue weighted by atomic mass is 127. The second-order valence-electron chi connectivity index (χ2n) is 7.75. The molecule has 32 heavy (non-hydrogen) atoms. The second kappa shape index (κ2) is 13.4. The SMILES string of the molecule is CCNC(=NCC(O)COC(C)c1ccccc1)NCCc1c[nH]c2c(C)cccc12.I. The molecule has 0 bridgehead atoms. The number of aromatic nitrogens is 1. The van der Waals surface area contributed by atoms with E-state index in [1.807, 2.05) is 44.2 Å². The molecule has 3 rings (SSSR count). The van der Waals surface area contributed by atoms with Gasteiger partial charge in [-0.1, -0.05) is 48.5 Å². The molecule has 0 amide bonds. The number of aryl methyl sites for hydroxylation is 1. The minimum atomic E-state index is -0.654. The Morgan fingerprint density at radius 1 is 1.12 bits per heavy atom. The lowest BCUT2D eigenvalue weighted by molar-refractivity contribution is 0.00112. The average Bonchev–Trinajstić information content (AvgIpc) is 3.21. The number of nitrogens with one attached hydrogen (secondary N) is 3. The molecule has 3 aromatic rings. The number of hydrogen-bond acceptors (Lipinski definition) is 3. The first-order valence-electron chi connectivity index (χ1n) is 11.0. The van der Waals surface area contributed by atoms with E-state index >= 15 is 0 Å². The van der Waals surface area contributed by atoms with Crippen molar-refractivity contribution in [2.45, 2.75) is 39.4 Å². The summed E-state index contributed by atoms with van der Waals surface area (Å²) in [6.45, 7) is 8.17. The number of rotatable bonds is 10. The number of ether oxygens (including phenoxy) is 1. The van der Waals surface area contributed by atoms with E-state index in [-0.39, 0.29) is 43.2 Å². The van der Waals surface area contributed by atoms with Crippen molar-refractivity contribution in [1.82, 2.24) is 15.6 Å². The lowest BCUT2D eigenvalue weighted by atomic mass is 10.1. The Hall–Kier alpha value is -2.10. The zero-order valence-corrected chi connectivity index (χ0v) is 21.4. The van der Waals surface area contributed by atoms with Crippen LogP contribution in [-0.2, 0) is 11.2 Å². The molecule has 0 aliphatic heterocycles. The number of fused-ring (bicyclic) bond motifs is 1. The Morgan fingerprint density at radius 2 is 1.91 bits per heavy atom. The number of aliphatic hydroxyl groups is 1. The van der Waals surface area contributed by atoms with Gasteiger partial charge in [0, 0.05) is 30.2 Å². The summed E-state index contributed by atoms with van der Waals surface area (Å²) in [4.78, 5) is 7.89. The van der Waals surface area contributed by atoms with Gasteiger partial charge < -0.3 is 25.5 Å². The van der Waals surface area contributed by atoms with E-state index in [2.05, 4.69) is 51.9 Å². The summed E-state index contributed by atoms with van der Waals surface area (Å²) in [5.41, 5.74) is 4.83. The number of H-pyrrole nitrogens is 1. The van der Waals surface area contributed by atoms with E-state index < -0.39 is 6.10 Å². The van der Waals surface area contributed by atoms with Crippen LogP contribution in [-0.4, -0.2) is 48.4 Å². The Bertz CT molecular complexity index is 974. The molecule has 174 valence electrons. The maximum Gasteiger partial charge on any atom is 0.191 e. The van der Waals surface area contributed by atoms with E-state index in [4.69, 9.17) is 4.74 Å². The third-order valence-corrected chi connectivity index (χ3v) is 5.31. The summed E-state index contributed by atoms with van der Waals surface area (Å²) in [5, 5.41) is 18.1. The highest BCUT2D eigenvalue weighted by Crippen LogP contribution is 2.21. The molecule has 0 spiro atoms. The Labute approximate surface area is 207 Å². The summed E-state index contributed by atoms with van der Waals surface area (Å²) < 4.78 is 5.80. The molecule has 0 saturated carbocycles. The summed E-state index contributed by atoms with van der Waals surface area (Å²) in [6, 6.07) is 16.4. The zero-order valence-electron chi connectivity index (χ0n) is 19.1. The third-order valence-electron chi connectivity index (χ3n) is 5.31. The lowest BCUT2D eigenvalue weighted by Gasteiger charge is -2.16. The predicted molar refractivity (Wildman–Crippen MR) is 143 cm³/mol. The van der Waals surface area contributed by atoms with Crippen LogP contribution in [0.15, 0.2) is 59.7 Å². The summed E-state index contributed by atoms with van der Waals surface area (Å²) >= 11 is 0. The van der Waals surface area contributed by atoms with Crippen LogP contribution in [0.5, 0.6) is 0 Å². The summed E-state index contributed by atoms with van der Waals surface area (Å²) in [5.74, 6) is 0.702. The molecule has 0 radical (unpaired) electrons. The number of aliphatic hydroxyl groups excluding tert-OH is 1. The summed E-state index contributed by atoms with van der Waals surface area (Å²) in [7, 11) is 0. The number of hydrogen-bond donors (Lipinski definition) is 4. The average molecular weight is 550 g/mol. The van der Waals surface area contributed by atoms with Crippen molar-refractivity contribution in [1.29, 1.82) is 0 Å². The van der Waals surface area contributed by atoms with E-state index in [1.165, 1.54) is 22.0 Å². The molecule has 2 aromatic carbocycles. The fourth-order valence-corrected chi connectivity index (χ4v) is 3.55. The number of aromatic amines is 1. The van der Waals surface area contributed by atoms with Crippen LogP contribution in [0.3, 0.4) is 0 Å². The van der Waals surface area contributed by atoms with Crippen LogP contribution >= 0.6 is 24.0 Å². The Balaban J connectivity index is 0.00000363. The quantitative estimate of drug-likeness (QED) is 0.172. The van der Waals surface area contributed by atoms with Crippen LogP contribution in [0, 0.1) is 6.92 Å². The molecular formula is C25H35IN4O2. The van der Waals surface area contributed by atoms with Gasteiger partial charge in [-0.15, -0.1) is 24.0 Å². The van der Waals surface area contributed by atoms with Crippen molar-refractivity contribution in [3.8, 4) is 0 Å². The van der Waals surface area contributed by atoms with Crippen molar-refractivity contribution in [2.75, 3.05) is 26.2 Å². The molecule has 0 fully saturated rings. The number of halogens is 1. The smallest absolute Gasteiger partial charge is 0.191 e. The van der Waals surface area contributed by atoms with Gasteiger partial charge >= 0.3 is 0 Å². The molecule has 0 aliphatic carbocycles. The monoisotopic (exact) mass is 550 g/mol. The maximum atomic E-state index is 10.3. The second-order valence-corrected chi connectivity index (χ2v) is 7.75. The number of nitrogens with zero attached hydrogens (tertiary/aromatic N) is 1. The first-order chi connectivity index (χ1) is 15.1. The van der Waals surface area contributed by atoms with E-state index in [9.17, 15) is 5.11 Å². The largest absolute Gasteiger partial charge is 0.389 e. The third kappa shape index (κ3) is 7.50. The van der Waals surface area contributed by atoms with Gasteiger partial charge in [-0.25, -0.2) is 0 Å². The van der Waals surface area contributed by atoms with Gasteiger partial charge in [-0.05, 0) is 43.9 Å². The maximum absolute atomic E-state index is 10.3. The van der Waals surface area contributed by atoms with Crippen LogP contribution in [0.2, 0.25) is 0 Å². The van der Waals surface area contributed by atoms with E-state index in [1.54, 1.807) is 0 Å². The number of para-hydroxylation sites is 1. The van der Waals surface area contributed by atoms with Crippen molar-refractivity contribution in [3.63, 3.8) is 0 Å². The predicted octanol–water partition coefficient (Wildman–Crippen LogP) is 4.33. The van der Waals surface area contributed by atoms with E-state index in [0.717, 1.165) is 25.1 Å². The molecule has 0 saturated heterocycles. The minimum absolute atomic E-state index is 0. The van der Waals surface area contributed by atoms with Crippen molar-refractivity contribution in [3.05, 3.63) is 71.4 Å². The number of aliphatic imine (C=N–C) groups is 1. The topological polar surface area (TPSA) is 81.7 Å². The Kier molecular flexibility index (Phi) is 11.0. The van der Waals surface area contributed by atoms with E-state index in [0.29, 0.717) is 5.96 Å². The first-order valence-corrected chi connectivity index (χ1v) is 11.0. The van der Waals surface area contributed by atoms with Gasteiger partial charge in [0.1, 0.15) is 0 Å². The fraction of sp³-hybridized carbons (Fsp3) is 0.400. The van der Waals surface area contributed by atoms with Crippen LogP contribution in [0.1, 0.15) is 36.6 Å². The fourth-order valence-electron chi connectivity index (χ4n) is 3.55. The lowest BCUT2D eigenvalue weighted by Crippen LogP contribution is -2.39. The zero-order chi connectivity index (χ0) is 22.1. The standard InChI is InChI=1S/C25H34N4O2.HI/c1-4-26-25(27-14-13-21-15-28-24-18(2)9-8-12-23(21)24)29-16-22(30)17-31-19(3)20-10-6-5-7-11-20;/h5-12,15,19,22,28,30H,4,13-14,16-17H2,1-3H3,(H2,26,27,29);1H. The van der Waals surface area contributed by atoms with Gasteiger partial charge in [-0.3, -0.25) is 4.99 Å².